The summed E-state index contributed by atoms with van der Waals surface area (Å²) in [5, 5.41) is 6.02. The molecule has 0 amide bonds. The Morgan fingerprint density at radius 1 is 1.16 bits per heavy atom. The standard InChI is InChI=1S/C21H22F3N5O2.HI/c1-14-5-7-15(8-6-14)18-29-16(13-31-18)12-28-20(25-2)27-10-11-30-19-17(21(22,23)24)4-3-9-26-19;/h3-9,13H,10-12H2,1-2H3,(H2,25,27,28);1H. The lowest BCUT2D eigenvalue weighted by molar-refractivity contribution is -0.139. The van der Waals surface area contributed by atoms with Crippen LogP contribution >= 0.6 is 24.0 Å². The van der Waals surface area contributed by atoms with Crippen LogP contribution in [0.15, 0.2) is 58.3 Å². The highest BCUT2D eigenvalue weighted by Crippen LogP contribution is 2.34. The molecule has 0 fully saturated rings. The van der Waals surface area contributed by atoms with Crippen molar-refractivity contribution in [1.82, 2.24) is 20.6 Å². The second kappa shape index (κ2) is 11.7. The number of nitrogens with zero attached hydrogens (tertiary/aromatic N) is 3. The van der Waals surface area contributed by atoms with Crippen molar-refractivity contribution >= 4 is 29.9 Å². The Balaban J connectivity index is 0.00000363. The van der Waals surface area contributed by atoms with Crippen molar-refractivity contribution < 1.29 is 22.3 Å². The first-order valence-corrected chi connectivity index (χ1v) is 9.48. The van der Waals surface area contributed by atoms with E-state index in [1.54, 1.807) is 13.3 Å². The monoisotopic (exact) mass is 561 g/mol. The maximum Gasteiger partial charge on any atom is 0.421 e. The first-order valence-electron chi connectivity index (χ1n) is 9.48. The molecule has 0 saturated heterocycles. The number of alkyl halides is 3. The summed E-state index contributed by atoms with van der Waals surface area (Å²) in [5.41, 5.74) is 1.80. The normalized spacial score (nSPS) is 11.6. The Morgan fingerprint density at radius 3 is 2.59 bits per heavy atom. The Morgan fingerprint density at radius 2 is 1.91 bits per heavy atom. The molecule has 0 aliphatic rings. The van der Waals surface area contributed by atoms with Gasteiger partial charge in [-0.05, 0) is 31.2 Å². The fourth-order valence-electron chi connectivity index (χ4n) is 2.65. The number of aryl methyl sites for hydroxylation is 1. The van der Waals surface area contributed by atoms with Gasteiger partial charge in [0.1, 0.15) is 18.4 Å². The van der Waals surface area contributed by atoms with Gasteiger partial charge in [0.05, 0.1) is 18.8 Å². The number of rotatable bonds is 7. The van der Waals surface area contributed by atoms with Crippen LogP contribution in [0.1, 0.15) is 16.8 Å². The predicted octanol–water partition coefficient (Wildman–Crippen LogP) is 4.43. The molecule has 0 bridgehead atoms. The lowest BCUT2D eigenvalue weighted by Gasteiger charge is -2.14. The van der Waals surface area contributed by atoms with Crippen molar-refractivity contribution in [3.63, 3.8) is 0 Å². The van der Waals surface area contributed by atoms with Gasteiger partial charge < -0.3 is 19.8 Å². The highest BCUT2D eigenvalue weighted by Gasteiger charge is 2.34. The molecule has 0 unspecified atom stereocenters. The largest absolute Gasteiger partial charge is 0.475 e. The molecule has 1 aromatic carbocycles. The van der Waals surface area contributed by atoms with E-state index in [1.165, 1.54) is 12.3 Å². The quantitative estimate of drug-likeness (QED) is 0.192. The summed E-state index contributed by atoms with van der Waals surface area (Å²) in [6.45, 7) is 2.56. The first-order chi connectivity index (χ1) is 14.9. The van der Waals surface area contributed by atoms with Crippen LogP contribution in [-0.2, 0) is 12.7 Å². The van der Waals surface area contributed by atoms with Gasteiger partial charge in [0.25, 0.3) is 0 Å². The molecule has 3 aromatic rings. The smallest absolute Gasteiger partial charge is 0.421 e. The summed E-state index contributed by atoms with van der Waals surface area (Å²) in [6, 6.07) is 9.98. The van der Waals surface area contributed by atoms with Gasteiger partial charge in [-0.15, -0.1) is 24.0 Å². The third-order valence-corrected chi connectivity index (χ3v) is 4.22. The van der Waals surface area contributed by atoms with E-state index < -0.39 is 17.6 Å². The third kappa shape index (κ3) is 7.11. The summed E-state index contributed by atoms with van der Waals surface area (Å²) in [6.07, 6.45) is -1.72. The van der Waals surface area contributed by atoms with Crippen LogP contribution in [0.4, 0.5) is 13.2 Å². The number of nitrogens with one attached hydrogen (secondary N) is 2. The van der Waals surface area contributed by atoms with Crippen molar-refractivity contribution in [2.75, 3.05) is 20.2 Å². The van der Waals surface area contributed by atoms with Crippen LogP contribution < -0.4 is 15.4 Å². The van der Waals surface area contributed by atoms with Gasteiger partial charge in [0, 0.05) is 18.8 Å². The molecule has 11 heteroatoms. The van der Waals surface area contributed by atoms with Gasteiger partial charge in [-0.25, -0.2) is 9.97 Å². The summed E-state index contributed by atoms with van der Waals surface area (Å²) >= 11 is 0. The highest BCUT2D eigenvalue weighted by atomic mass is 127. The zero-order chi connectivity index (χ0) is 22.3. The second-order valence-electron chi connectivity index (χ2n) is 6.56. The first kappa shape index (κ1) is 25.4. The highest BCUT2D eigenvalue weighted by molar-refractivity contribution is 14.0. The van der Waals surface area contributed by atoms with Crippen LogP contribution in [0, 0.1) is 6.92 Å². The maximum atomic E-state index is 13.0. The van der Waals surface area contributed by atoms with E-state index in [9.17, 15) is 13.2 Å². The van der Waals surface area contributed by atoms with Crippen LogP contribution in [0.2, 0.25) is 0 Å². The average molecular weight is 561 g/mol. The molecule has 0 atom stereocenters. The number of aromatic nitrogens is 2. The van der Waals surface area contributed by atoms with E-state index in [0.29, 0.717) is 24.1 Å². The van der Waals surface area contributed by atoms with E-state index in [0.717, 1.165) is 17.2 Å². The second-order valence-corrected chi connectivity index (χ2v) is 6.56. The minimum atomic E-state index is -4.52. The molecule has 0 spiro atoms. The van der Waals surface area contributed by atoms with Crippen molar-refractivity contribution in [3.8, 4) is 17.3 Å². The van der Waals surface area contributed by atoms with Gasteiger partial charge in [-0.2, -0.15) is 13.2 Å². The van der Waals surface area contributed by atoms with Gasteiger partial charge in [-0.1, -0.05) is 17.7 Å². The van der Waals surface area contributed by atoms with Crippen molar-refractivity contribution in [3.05, 3.63) is 65.7 Å². The van der Waals surface area contributed by atoms with Gasteiger partial charge >= 0.3 is 6.18 Å². The Bertz CT molecular complexity index is 1020. The number of hydrogen-bond acceptors (Lipinski definition) is 5. The number of pyridine rings is 1. The number of halogens is 4. The Labute approximate surface area is 200 Å². The molecule has 0 aliphatic heterocycles. The van der Waals surface area contributed by atoms with E-state index >= 15 is 0 Å². The van der Waals surface area contributed by atoms with E-state index in [4.69, 9.17) is 9.15 Å². The molecule has 0 aliphatic carbocycles. The molecule has 7 nitrogen and oxygen atoms in total. The van der Waals surface area contributed by atoms with E-state index in [1.807, 2.05) is 31.2 Å². The average Bonchev–Trinajstić information content (AvgIpc) is 3.22. The lowest BCUT2D eigenvalue weighted by Crippen LogP contribution is -2.39. The van der Waals surface area contributed by atoms with E-state index in [-0.39, 0.29) is 37.1 Å². The number of ether oxygens (including phenoxy) is 1. The van der Waals surface area contributed by atoms with Crippen molar-refractivity contribution in [1.29, 1.82) is 0 Å². The van der Waals surface area contributed by atoms with Crippen LogP contribution in [0.5, 0.6) is 5.88 Å². The van der Waals surface area contributed by atoms with Gasteiger partial charge in [-0.3, -0.25) is 4.99 Å². The lowest BCUT2D eigenvalue weighted by atomic mass is 10.1. The SMILES string of the molecule is CN=C(NCCOc1ncccc1C(F)(F)F)NCc1coc(-c2ccc(C)cc2)n1.I. The summed E-state index contributed by atoms with van der Waals surface area (Å²) in [7, 11) is 1.58. The number of benzene rings is 1. The fraction of sp³-hybridized carbons (Fsp3) is 0.286. The summed E-state index contributed by atoms with van der Waals surface area (Å²) in [5.74, 6) is 0.510. The molecule has 2 aromatic heterocycles. The zero-order valence-electron chi connectivity index (χ0n) is 17.4. The number of aliphatic imine (C=N–C) groups is 1. The van der Waals surface area contributed by atoms with Crippen LogP contribution in [0.3, 0.4) is 0 Å². The maximum absolute atomic E-state index is 13.0. The molecule has 0 radical (unpaired) electrons. The van der Waals surface area contributed by atoms with Crippen molar-refractivity contribution in [2.24, 2.45) is 4.99 Å². The molecule has 0 saturated carbocycles. The topological polar surface area (TPSA) is 84.6 Å². The summed E-state index contributed by atoms with van der Waals surface area (Å²) in [4.78, 5) is 12.2. The number of oxazole rings is 1. The zero-order valence-corrected chi connectivity index (χ0v) is 19.8. The predicted molar refractivity (Wildman–Crippen MR) is 125 cm³/mol. The Kier molecular flexibility index (Phi) is 9.29. The van der Waals surface area contributed by atoms with E-state index in [2.05, 4.69) is 25.6 Å². The Hall–Kier alpha value is -2.83. The number of hydrogen-bond donors (Lipinski definition) is 2. The minimum Gasteiger partial charge on any atom is -0.475 e. The fourth-order valence-corrected chi connectivity index (χ4v) is 2.65. The minimum absolute atomic E-state index is 0. The number of guanidine groups is 1. The van der Waals surface area contributed by atoms with Crippen LogP contribution in [0.25, 0.3) is 11.5 Å². The van der Waals surface area contributed by atoms with Crippen LogP contribution in [-0.4, -0.2) is 36.1 Å². The molecular formula is C21H23F3IN5O2. The van der Waals surface area contributed by atoms with Gasteiger partial charge in [0.15, 0.2) is 5.96 Å². The van der Waals surface area contributed by atoms with Gasteiger partial charge in [0.2, 0.25) is 11.8 Å². The molecule has 32 heavy (non-hydrogen) atoms. The molecule has 3 rings (SSSR count). The third-order valence-electron chi connectivity index (χ3n) is 4.22. The molecular weight excluding hydrogens is 538 g/mol. The molecule has 2 heterocycles. The molecule has 172 valence electrons. The molecule has 2 N–H and O–H groups in total. The van der Waals surface area contributed by atoms with Crippen molar-refractivity contribution in [2.45, 2.75) is 19.6 Å². The summed E-state index contributed by atoms with van der Waals surface area (Å²) < 4.78 is 49.5.